The van der Waals surface area contributed by atoms with E-state index in [4.69, 9.17) is 23.2 Å². The van der Waals surface area contributed by atoms with Crippen LogP contribution < -0.4 is 5.43 Å². The topological polar surface area (TPSA) is 102 Å². The summed E-state index contributed by atoms with van der Waals surface area (Å²) in [6, 6.07) is 12.2. The Bertz CT molecular complexity index is 1100. The van der Waals surface area contributed by atoms with E-state index >= 15 is 0 Å². The lowest BCUT2D eigenvalue weighted by molar-refractivity contribution is -0.385. The van der Waals surface area contributed by atoms with Gasteiger partial charge in [0.2, 0.25) is 5.69 Å². The lowest BCUT2D eigenvalue weighted by atomic mass is 10.2. The number of hydrogen-bond acceptors (Lipinski definition) is 5. The standard InChI is InChI=1S/C18H12BrCl2N5O3/c19-13-4-1-11(2-5-13)9-25-10-16(26(28)29)17(24-25)18(27)23-22-8-12-3-6-14(20)15(21)7-12/h1-8,10H,9H2,(H,23,27). The molecule has 3 aromatic rings. The van der Waals surface area contributed by atoms with Crippen LogP contribution in [-0.2, 0) is 6.54 Å². The average molecular weight is 497 g/mol. The molecule has 1 aromatic heterocycles. The van der Waals surface area contributed by atoms with E-state index in [1.165, 1.54) is 17.1 Å². The van der Waals surface area contributed by atoms with Crippen LogP contribution in [0.1, 0.15) is 21.6 Å². The number of rotatable bonds is 6. The first-order valence-corrected chi connectivity index (χ1v) is 9.63. The van der Waals surface area contributed by atoms with E-state index in [0.29, 0.717) is 15.6 Å². The van der Waals surface area contributed by atoms with Crippen molar-refractivity contribution in [2.24, 2.45) is 5.10 Å². The highest BCUT2D eigenvalue weighted by Crippen LogP contribution is 2.22. The van der Waals surface area contributed by atoms with Gasteiger partial charge in [0, 0.05) is 4.47 Å². The third kappa shape index (κ3) is 5.41. The molecule has 0 bridgehead atoms. The molecule has 1 N–H and O–H groups in total. The van der Waals surface area contributed by atoms with Crippen molar-refractivity contribution in [3.05, 3.63) is 90.1 Å². The first-order valence-electron chi connectivity index (χ1n) is 8.08. The van der Waals surface area contributed by atoms with Crippen molar-refractivity contribution >= 4 is 56.9 Å². The molecule has 1 heterocycles. The van der Waals surface area contributed by atoms with E-state index in [-0.39, 0.29) is 12.2 Å². The molecule has 29 heavy (non-hydrogen) atoms. The minimum atomic E-state index is -0.803. The van der Waals surface area contributed by atoms with E-state index in [1.54, 1.807) is 18.2 Å². The van der Waals surface area contributed by atoms with Gasteiger partial charge in [0.15, 0.2) is 0 Å². The molecule has 1 amide bonds. The lowest BCUT2D eigenvalue weighted by Gasteiger charge is -2.01. The maximum atomic E-state index is 12.3. The molecule has 0 saturated carbocycles. The highest BCUT2D eigenvalue weighted by molar-refractivity contribution is 9.10. The van der Waals surface area contributed by atoms with Crippen LogP contribution in [0, 0.1) is 10.1 Å². The number of hydrogen-bond donors (Lipinski definition) is 1. The summed E-state index contributed by atoms with van der Waals surface area (Å²) in [7, 11) is 0. The number of nitrogens with zero attached hydrogens (tertiary/aromatic N) is 4. The molecule has 0 radical (unpaired) electrons. The van der Waals surface area contributed by atoms with E-state index in [2.05, 4.69) is 31.6 Å². The Kier molecular flexibility index (Phi) is 6.63. The predicted molar refractivity (Wildman–Crippen MR) is 114 cm³/mol. The minimum Gasteiger partial charge on any atom is -0.265 e. The summed E-state index contributed by atoms with van der Waals surface area (Å²) < 4.78 is 2.24. The Hall–Kier alpha value is -2.75. The Morgan fingerprint density at radius 1 is 1.24 bits per heavy atom. The van der Waals surface area contributed by atoms with Crippen LogP contribution in [0.2, 0.25) is 10.0 Å². The number of halogens is 3. The molecule has 0 fully saturated rings. The lowest BCUT2D eigenvalue weighted by Crippen LogP contribution is -2.19. The zero-order valence-corrected chi connectivity index (χ0v) is 17.6. The van der Waals surface area contributed by atoms with E-state index < -0.39 is 16.5 Å². The zero-order chi connectivity index (χ0) is 21.0. The predicted octanol–water partition coefficient (Wildman–Crippen LogP) is 4.67. The monoisotopic (exact) mass is 495 g/mol. The highest BCUT2D eigenvalue weighted by Gasteiger charge is 2.25. The van der Waals surface area contributed by atoms with Gasteiger partial charge in [0.1, 0.15) is 6.20 Å². The fourth-order valence-corrected chi connectivity index (χ4v) is 2.95. The second-order valence-electron chi connectivity index (χ2n) is 5.82. The van der Waals surface area contributed by atoms with Gasteiger partial charge in [-0.25, -0.2) is 5.43 Å². The quantitative estimate of drug-likeness (QED) is 0.304. The summed E-state index contributed by atoms with van der Waals surface area (Å²) in [5, 5.41) is 19.9. The van der Waals surface area contributed by atoms with Crippen molar-refractivity contribution in [1.82, 2.24) is 15.2 Å². The fraction of sp³-hybridized carbons (Fsp3) is 0.0556. The molecule has 0 spiro atoms. The van der Waals surface area contributed by atoms with Gasteiger partial charge in [-0.1, -0.05) is 57.3 Å². The van der Waals surface area contributed by atoms with Crippen LogP contribution in [0.3, 0.4) is 0 Å². The Balaban J connectivity index is 1.75. The molecule has 0 saturated heterocycles. The van der Waals surface area contributed by atoms with Crippen LogP contribution in [0.15, 0.2) is 58.2 Å². The first kappa shape index (κ1) is 21.0. The summed E-state index contributed by atoms with van der Waals surface area (Å²) >= 11 is 15.1. The number of carbonyl (C=O) groups excluding carboxylic acids is 1. The molecule has 0 unspecified atom stereocenters. The van der Waals surface area contributed by atoms with Crippen molar-refractivity contribution in [3.63, 3.8) is 0 Å². The van der Waals surface area contributed by atoms with Gasteiger partial charge in [-0.15, -0.1) is 0 Å². The van der Waals surface area contributed by atoms with Crippen molar-refractivity contribution in [2.45, 2.75) is 6.54 Å². The number of aromatic nitrogens is 2. The molecule has 11 heteroatoms. The number of hydrazone groups is 1. The molecular weight excluding hydrogens is 485 g/mol. The Labute approximate surface area is 183 Å². The number of amides is 1. The molecule has 0 atom stereocenters. The maximum absolute atomic E-state index is 12.3. The van der Waals surface area contributed by atoms with E-state index in [1.807, 2.05) is 24.3 Å². The molecule has 0 aliphatic carbocycles. The molecule has 2 aromatic carbocycles. The van der Waals surface area contributed by atoms with Gasteiger partial charge in [0.05, 0.1) is 27.7 Å². The molecular formula is C18H12BrCl2N5O3. The van der Waals surface area contributed by atoms with Gasteiger partial charge >= 0.3 is 5.69 Å². The summed E-state index contributed by atoms with van der Waals surface area (Å²) in [6.45, 7) is 0.272. The zero-order valence-electron chi connectivity index (χ0n) is 14.6. The van der Waals surface area contributed by atoms with Crippen LogP contribution in [0.4, 0.5) is 5.69 Å². The third-order valence-electron chi connectivity index (χ3n) is 3.74. The van der Waals surface area contributed by atoms with Crippen LogP contribution in [0.5, 0.6) is 0 Å². The van der Waals surface area contributed by atoms with Crippen molar-refractivity contribution in [3.8, 4) is 0 Å². The minimum absolute atomic E-state index is 0.272. The highest BCUT2D eigenvalue weighted by atomic mass is 79.9. The summed E-state index contributed by atoms with van der Waals surface area (Å²) in [4.78, 5) is 23.0. The smallest absolute Gasteiger partial charge is 0.265 e. The van der Waals surface area contributed by atoms with Gasteiger partial charge in [0.25, 0.3) is 5.91 Å². The van der Waals surface area contributed by atoms with Gasteiger partial charge in [-0.2, -0.15) is 10.2 Å². The molecule has 0 aliphatic rings. The number of nitrogens with one attached hydrogen (secondary N) is 1. The molecule has 3 rings (SSSR count). The van der Waals surface area contributed by atoms with Crippen molar-refractivity contribution in [1.29, 1.82) is 0 Å². The van der Waals surface area contributed by atoms with Crippen LogP contribution >= 0.6 is 39.1 Å². The second kappa shape index (κ2) is 9.17. The van der Waals surface area contributed by atoms with E-state index in [9.17, 15) is 14.9 Å². The van der Waals surface area contributed by atoms with Gasteiger partial charge < -0.3 is 0 Å². The molecule has 148 valence electrons. The maximum Gasteiger partial charge on any atom is 0.320 e. The molecule has 0 aliphatic heterocycles. The number of carbonyl (C=O) groups is 1. The fourth-order valence-electron chi connectivity index (χ4n) is 2.38. The van der Waals surface area contributed by atoms with Crippen molar-refractivity contribution < 1.29 is 9.72 Å². The van der Waals surface area contributed by atoms with Crippen LogP contribution in [-0.4, -0.2) is 26.8 Å². The normalized spacial score (nSPS) is 11.0. The first-order chi connectivity index (χ1) is 13.8. The summed E-state index contributed by atoms with van der Waals surface area (Å²) in [6.07, 6.45) is 2.55. The van der Waals surface area contributed by atoms with Gasteiger partial charge in [-0.3, -0.25) is 19.6 Å². The second-order valence-corrected chi connectivity index (χ2v) is 7.55. The summed E-state index contributed by atoms with van der Waals surface area (Å²) in [5.74, 6) is -0.803. The summed E-state index contributed by atoms with van der Waals surface area (Å²) in [5.41, 5.74) is 2.95. The van der Waals surface area contributed by atoms with E-state index in [0.717, 1.165) is 10.0 Å². The largest absolute Gasteiger partial charge is 0.320 e. The third-order valence-corrected chi connectivity index (χ3v) is 5.00. The number of nitro groups is 1. The molecule has 8 nitrogen and oxygen atoms in total. The Morgan fingerprint density at radius 3 is 2.62 bits per heavy atom. The van der Waals surface area contributed by atoms with Gasteiger partial charge in [-0.05, 0) is 35.4 Å². The van der Waals surface area contributed by atoms with Crippen molar-refractivity contribution in [2.75, 3.05) is 0 Å². The number of benzene rings is 2. The Morgan fingerprint density at radius 2 is 1.97 bits per heavy atom. The SMILES string of the molecule is O=C(NN=Cc1ccc(Cl)c(Cl)c1)c1nn(Cc2ccc(Br)cc2)cc1[N+](=O)[O-]. The average Bonchev–Trinajstić information content (AvgIpc) is 3.11. The van der Waals surface area contributed by atoms with Crippen LogP contribution in [0.25, 0.3) is 0 Å².